The number of hydrogen-bond acceptors (Lipinski definition) is 11. The lowest BCUT2D eigenvalue weighted by Crippen LogP contribution is -2.35. The molecule has 0 radical (unpaired) electrons. The topological polar surface area (TPSA) is 139 Å². The van der Waals surface area contributed by atoms with Crippen LogP contribution in [0.1, 0.15) is 75.6 Å². The lowest BCUT2D eigenvalue weighted by molar-refractivity contribution is -0.138. The highest BCUT2D eigenvalue weighted by Gasteiger charge is 2.46. The first-order valence-electron chi connectivity index (χ1n) is 18.7. The van der Waals surface area contributed by atoms with Gasteiger partial charge >= 0.3 is 12.2 Å². The van der Waals surface area contributed by atoms with Crippen molar-refractivity contribution < 1.29 is 35.8 Å². The molecule has 57 heavy (non-hydrogen) atoms. The standard InChI is InChI=1S/C39H41F5N8O2S.CH3F/c1-4-6-15-51(14-5-2)19-38(11-12-38)20-54-37-49-31-28-32(53-17-16-52(36(28)50-37)21(3)22-8-7-13-48-34(22)46)29(39(42,43)44)27(30(31)41)23-9-10-25(40)33-26(23)24(18-45)35(47)55-33;1-2/h7-10,13,21H,4-6,11-12,14-17,19-20,47H2,1-3H3,(H2,46,48);1H3. The molecule has 1 atom stereocenters. The predicted molar refractivity (Wildman–Crippen MR) is 210 cm³/mol. The van der Waals surface area contributed by atoms with Crippen molar-refractivity contribution in [1.29, 1.82) is 5.26 Å². The van der Waals surface area contributed by atoms with Gasteiger partial charge in [-0.1, -0.05) is 32.4 Å². The van der Waals surface area contributed by atoms with E-state index in [2.05, 4.69) is 28.7 Å². The molecule has 10 nitrogen and oxygen atoms in total. The van der Waals surface area contributed by atoms with Crippen LogP contribution in [0.4, 0.5) is 43.0 Å². The van der Waals surface area contributed by atoms with Gasteiger partial charge in [0.15, 0.2) is 5.82 Å². The highest BCUT2D eigenvalue weighted by atomic mass is 32.1. The minimum Gasteiger partial charge on any atom is -0.490 e. The summed E-state index contributed by atoms with van der Waals surface area (Å²) in [7, 11) is 0.500. The van der Waals surface area contributed by atoms with Gasteiger partial charge in [-0.15, -0.1) is 11.3 Å². The van der Waals surface area contributed by atoms with Crippen molar-refractivity contribution in [2.45, 2.75) is 65.1 Å². The number of nitrogens with two attached hydrogens (primary N) is 2. The molecule has 1 fully saturated rings. The predicted octanol–water partition coefficient (Wildman–Crippen LogP) is 9.46. The first kappa shape index (κ1) is 41.6. The Labute approximate surface area is 330 Å². The van der Waals surface area contributed by atoms with E-state index >= 15 is 22.0 Å². The summed E-state index contributed by atoms with van der Waals surface area (Å²) in [5, 5.41) is 9.30. The lowest BCUT2D eigenvalue weighted by Gasteiger charge is -2.30. The van der Waals surface area contributed by atoms with E-state index in [4.69, 9.17) is 25.9 Å². The van der Waals surface area contributed by atoms with Gasteiger partial charge in [-0.25, -0.2) is 13.8 Å². The number of fused-ring (bicyclic) bond motifs is 1. The summed E-state index contributed by atoms with van der Waals surface area (Å²) >= 11 is 0.694. The number of unbranched alkanes of at least 4 members (excludes halogenated alkanes) is 1. The van der Waals surface area contributed by atoms with E-state index < -0.39 is 46.2 Å². The number of hydrogen-bond donors (Lipinski definition) is 2. The molecule has 1 unspecified atom stereocenters. The fourth-order valence-corrected chi connectivity index (χ4v) is 8.53. The highest BCUT2D eigenvalue weighted by molar-refractivity contribution is 7.23. The fraction of sp³-hybridized carbons (Fsp3) is 0.450. The number of nitriles is 1. The molecule has 2 aliphatic rings. The van der Waals surface area contributed by atoms with Crippen LogP contribution in [0, 0.1) is 28.4 Å². The molecule has 2 aromatic carbocycles. The lowest BCUT2D eigenvalue weighted by atomic mass is 9.91. The zero-order valence-electron chi connectivity index (χ0n) is 32.1. The van der Waals surface area contributed by atoms with Gasteiger partial charge in [0.25, 0.3) is 0 Å². The number of anilines is 3. The molecule has 304 valence electrons. The van der Waals surface area contributed by atoms with Gasteiger partial charge in [-0.05, 0) is 63.4 Å². The van der Waals surface area contributed by atoms with Crippen molar-refractivity contribution in [3.8, 4) is 29.0 Å². The van der Waals surface area contributed by atoms with Crippen molar-refractivity contribution in [3.63, 3.8) is 0 Å². The second-order valence-electron chi connectivity index (χ2n) is 14.3. The molecule has 5 aromatic rings. The molecule has 4 N–H and O–H groups in total. The van der Waals surface area contributed by atoms with Gasteiger partial charge in [0.05, 0.1) is 42.0 Å². The van der Waals surface area contributed by atoms with Crippen LogP contribution in [0.2, 0.25) is 0 Å². The number of ether oxygens (including phenoxy) is 2. The normalized spacial score (nSPS) is 15.2. The summed E-state index contributed by atoms with van der Waals surface area (Å²) in [6, 6.07) is 6.41. The first-order valence-corrected chi connectivity index (χ1v) is 19.5. The average molecular weight is 815 g/mol. The summed E-state index contributed by atoms with van der Waals surface area (Å²) in [6.45, 7) is 8.72. The third-order valence-corrected chi connectivity index (χ3v) is 11.5. The second kappa shape index (κ2) is 16.8. The SMILES string of the molecule is CCCCN(CCC)CC1(COc2nc3c4c(c(C(F)(F)F)c(-c5ccc(F)c6sc(N)c(C#N)c56)c(F)c4n2)OCCN3C(C)c2cccnc2N)CC1.CF. The molecule has 1 saturated carbocycles. The third kappa shape index (κ3) is 7.94. The summed E-state index contributed by atoms with van der Waals surface area (Å²) in [5.41, 5.74) is 9.14. The van der Waals surface area contributed by atoms with Crippen molar-refractivity contribution in [3.05, 3.63) is 58.8 Å². The fourth-order valence-electron chi connectivity index (χ4n) is 7.58. The Kier molecular flexibility index (Phi) is 12.2. The van der Waals surface area contributed by atoms with Crippen LogP contribution in [0.25, 0.3) is 32.1 Å². The van der Waals surface area contributed by atoms with Crippen LogP contribution in [0.15, 0.2) is 30.5 Å². The summed E-state index contributed by atoms with van der Waals surface area (Å²) in [5.74, 6) is -2.71. The maximum atomic E-state index is 17.5. The van der Waals surface area contributed by atoms with Crippen molar-refractivity contribution in [2.75, 3.05) is 62.9 Å². The molecule has 4 heterocycles. The molecule has 0 bridgehead atoms. The molecule has 0 amide bonds. The van der Waals surface area contributed by atoms with Crippen LogP contribution in [-0.4, -0.2) is 66.4 Å². The molecule has 17 heteroatoms. The Morgan fingerprint density at radius 1 is 1.09 bits per heavy atom. The van der Waals surface area contributed by atoms with Crippen molar-refractivity contribution in [2.24, 2.45) is 5.41 Å². The number of aromatic nitrogens is 3. The largest absolute Gasteiger partial charge is 0.490 e. The maximum Gasteiger partial charge on any atom is 0.420 e. The zero-order chi connectivity index (χ0) is 41.2. The van der Waals surface area contributed by atoms with Gasteiger partial charge in [0, 0.05) is 34.7 Å². The molecular formula is C40H44F6N8O2S. The number of alkyl halides is 4. The van der Waals surface area contributed by atoms with Gasteiger partial charge in [-0.2, -0.15) is 28.4 Å². The Morgan fingerprint density at radius 3 is 2.49 bits per heavy atom. The van der Waals surface area contributed by atoms with Gasteiger partial charge < -0.3 is 30.7 Å². The number of halogens is 6. The Hall–Kier alpha value is -5.08. The molecule has 1 aliphatic heterocycles. The van der Waals surface area contributed by atoms with Crippen LogP contribution in [0.3, 0.4) is 0 Å². The number of rotatable bonds is 13. The smallest absolute Gasteiger partial charge is 0.420 e. The van der Waals surface area contributed by atoms with Crippen LogP contribution in [-0.2, 0) is 6.18 Å². The van der Waals surface area contributed by atoms with E-state index in [0.717, 1.165) is 63.9 Å². The van der Waals surface area contributed by atoms with Gasteiger partial charge in [0.2, 0.25) is 0 Å². The van der Waals surface area contributed by atoms with Gasteiger partial charge in [-0.3, -0.25) is 4.39 Å². The molecular weight excluding hydrogens is 771 g/mol. The quantitative estimate of drug-likeness (QED) is 0.111. The summed E-state index contributed by atoms with van der Waals surface area (Å²) < 4.78 is 101. The summed E-state index contributed by atoms with van der Waals surface area (Å²) in [4.78, 5) is 17.5. The van der Waals surface area contributed by atoms with E-state index in [1.807, 2.05) is 6.07 Å². The van der Waals surface area contributed by atoms with Crippen LogP contribution < -0.4 is 25.8 Å². The van der Waals surface area contributed by atoms with E-state index in [-0.39, 0.29) is 74.4 Å². The Morgan fingerprint density at radius 2 is 1.84 bits per heavy atom. The number of nitrogen functional groups attached to an aromatic ring is 2. The van der Waals surface area contributed by atoms with E-state index in [0.29, 0.717) is 24.1 Å². The van der Waals surface area contributed by atoms with E-state index in [1.165, 1.54) is 6.20 Å². The van der Waals surface area contributed by atoms with Gasteiger partial charge in [0.1, 0.15) is 52.0 Å². The summed E-state index contributed by atoms with van der Waals surface area (Å²) in [6.07, 6.45) is 1.25. The Bertz CT molecular complexity index is 2310. The zero-order valence-corrected chi connectivity index (χ0v) is 32.9. The minimum absolute atomic E-state index is 0.0256. The monoisotopic (exact) mass is 814 g/mol. The molecule has 0 spiro atoms. The van der Waals surface area contributed by atoms with Crippen LogP contribution >= 0.6 is 11.3 Å². The number of thiophene rings is 1. The molecule has 1 aliphatic carbocycles. The molecule has 7 rings (SSSR count). The van der Waals surface area contributed by atoms with Crippen molar-refractivity contribution in [1.82, 2.24) is 19.9 Å². The van der Waals surface area contributed by atoms with Crippen LogP contribution in [0.5, 0.6) is 11.8 Å². The number of benzene rings is 2. The maximum absolute atomic E-state index is 17.5. The number of nitrogens with zero attached hydrogens (tertiary/aromatic N) is 6. The minimum atomic E-state index is -5.20. The Balaban J connectivity index is 0.00000270. The second-order valence-corrected chi connectivity index (χ2v) is 15.4. The number of pyridine rings is 1. The third-order valence-electron chi connectivity index (χ3n) is 10.5. The first-order chi connectivity index (χ1) is 27.3. The van der Waals surface area contributed by atoms with E-state index in [9.17, 15) is 9.65 Å². The highest BCUT2D eigenvalue weighted by Crippen LogP contribution is 2.54. The molecule has 0 saturated heterocycles. The average Bonchev–Trinajstić information content (AvgIpc) is 3.91. The van der Waals surface area contributed by atoms with E-state index in [1.54, 1.807) is 24.0 Å². The molecule has 3 aromatic heterocycles. The van der Waals surface area contributed by atoms with Crippen molar-refractivity contribution >= 4 is 49.0 Å².